The maximum absolute atomic E-state index is 11.7. The molecule has 0 amide bonds. The SMILES string of the molecule is CC(C)(C)NS(=O)(=O)N1C[C@@H](O)[C@@H](O)C1. The van der Waals surface area contributed by atoms with Gasteiger partial charge in [-0.25, -0.2) is 0 Å². The van der Waals surface area contributed by atoms with E-state index in [1.54, 1.807) is 20.8 Å². The zero-order valence-electron chi connectivity index (χ0n) is 9.14. The van der Waals surface area contributed by atoms with Gasteiger partial charge < -0.3 is 10.2 Å². The third kappa shape index (κ3) is 3.39. The van der Waals surface area contributed by atoms with Crippen LogP contribution in [-0.2, 0) is 10.2 Å². The maximum atomic E-state index is 11.7. The first-order valence-electron chi connectivity index (χ1n) is 4.77. The van der Waals surface area contributed by atoms with E-state index in [4.69, 9.17) is 0 Å². The van der Waals surface area contributed by atoms with E-state index in [0.717, 1.165) is 4.31 Å². The fraction of sp³-hybridized carbons (Fsp3) is 1.00. The molecule has 1 heterocycles. The summed E-state index contributed by atoms with van der Waals surface area (Å²) in [4.78, 5) is 0. The molecule has 1 aliphatic heterocycles. The van der Waals surface area contributed by atoms with Gasteiger partial charge in [-0.05, 0) is 20.8 Å². The van der Waals surface area contributed by atoms with Crippen molar-refractivity contribution >= 4 is 10.2 Å². The van der Waals surface area contributed by atoms with Crippen molar-refractivity contribution in [1.29, 1.82) is 0 Å². The zero-order chi connectivity index (χ0) is 11.9. The second-order valence-electron chi connectivity index (χ2n) is 4.81. The lowest BCUT2D eigenvalue weighted by atomic mass is 10.1. The summed E-state index contributed by atoms with van der Waals surface area (Å²) in [5, 5.41) is 18.5. The van der Waals surface area contributed by atoms with Crippen LogP contribution in [0.1, 0.15) is 20.8 Å². The molecular formula is C8H18N2O4S. The molecular weight excluding hydrogens is 220 g/mol. The quantitative estimate of drug-likeness (QED) is 0.555. The molecule has 0 unspecified atom stereocenters. The third-order valence-electron chi connectivity index (χ3n) is 2.00. The van der Waals surface area contributed by atoms with E-state index < -0.39 is 28.0 Å². The minimum absolute atomic E-state index is 0.0629. The largest absolute Gasteiger partial charge is 0.389 e. The molecule has 1 aliphatic rings. The monoisotopic (exact) mass is 238 g/mol. The van der Waals surface area contributed by atoms with E-state index in [-0.39, 0.29) is 13.1 Å². The van der Waals surface area contributed by atoms with Gasteiger partial charge in [0, 0.05) is 18.6 Å². The average Bonchev–Trinajstić information content (AvgIpc) is 2.27. The van der Waals surface area contributed by atoms with Crippen molar-refractivity contribution in [3.63, 3.8) is 0 Å². The summed E-state index contributed by atoms with van der Waals surface area (Å²) < 4.78 is 27.0. The Kier molecular flexibility index (Phi) is 3.42. The molecule has 1 saturated heterocycles. The summed E-state index contributed by atoms with van der Waals surface area (Å²) in [6, 6.07) is 0. The minimum atomic E-state index is -3.62. The molecule has 0 aromatic rings. The Morgan fingerprint density at radius 1 is 1.20 bits per heavy atom. The smallest absolute Gasteiger partial charge is 0.280 e. The van der Waals surface area contributed by atoms with Crippen molar-refractivity contribution in [2.75, 3.05) is 13.1 Å². The molecule has 0 bridgehead atoms. The molecule has 2 atom stereocenters. The van der Waals surface area contributed by atoms with Gasteiger partial charge in [-0.15, -0.1) is 0 Å². The number of nitrogens with one attached hydrogen (secondary N) is 1. The van der Waals surface area contributed by atoms with E-state index in [1.807, 2.05) is 0 Å². The summed E-state index contributed by atoms with van der Waals surface area (Å²) in [5.41, 5.74) is -0.572. The molecule has 0 aromatic carbocycles. The van der Waals surface area contributed by atoms with Crippen LogP contribution in [0, 0.1) is 0 Å². The first-order chi connectivity index (χ1) is 6.62. The second-order valence-corrected chi connectivity index (χ2v) is 6.48. The van der Waals surface area contributed by atoms with Gasteiger partial charge >= 0.3 is 0 Å². The van der Waals surface area contributed by atoms with Crippen LogP contribution in [0.3, 0.4) is 0 Å². The Bertz CT molecular complexity index is 312. The van der Waals surface area contributed by atoms with Gasteiger partial charge in [-0.1, -0.05) is 0 Å². The van der Waals surface area contributed by atoms with Crippen LogP contribution in [0.25, 0.3) is 0 Å². The summed E-state index contributed by atoms with van der Waals surface area (Å²) in [5.74, 6) is 0. The van der Waals surface area contributed by atoms with Crippen molar-refractivity contribution in [2.24, 2.45) is 0 Å². The maximum Gasteiger partial charge on any atom is 0.280 e. The van der Waals surface area contributed by atoms with Crippen LogP contribution in [0.15, 0.2) is 0 Å². The van der Waals surface area contributed by atoms with E-state index in [2.05, 4.69) is 4.72 Å². The number of nitrogens with zero attached hydrogens (tertiary/aromatic N) is 1. The number of hydrogen-bond donors (Lipinski definition) is 3. The molecule has 0 aromatic heterocycles. The van der Waals surface area contributed by atoms with E-state index in [9.17, 15) is 18.6 Å². The zero-order valence-corrected chi connectivity index (χ0v) is 9.95. The summed E-state index contributed by atoms with van der Waals surface area (Å²) in [6.07, 6.45) is -2.00. The van der Waals surface area contributed by atoms with E-state index in [0.29, 0.717) is 0 Å². The van der Waals surface area contributed by atoms with Crippen LogP contribution >= 0.6 is 0 Å². The van der Waals surface area contributed by atoms with Gasteiger partial charge in [0.25, 0.3) is 10.2 Å². The van der Waals surface area contributed by atoms with Crippen LogP contribution in [0.4, 0.5) is 0 Å². The van der Waals surface area contributed by atoms with Gasteiger partial charge in [-0.3, -0.25) is 0 Å². The molecule has 1 fully saturated rings. The Hall–Kier alpha value is -0.210. The van der Waals surface area contributed by atoms with Gasteiger partial charge in [0.2, 0.25) is 0 Å². The minimum Gasteiger partial charge on any atom is -0.389 e. The summed E-state index contributed by atoms with van der Waals surface area (Å²) in [6.45, 7) is 5.06. The first-order valence-corrected chi connectivity index (χ1v) is 6.21. The normalized spacial score (nSPS) is 29.7. The molecule has 0 spiro atoms. The Morgan fingerprint density at radius 3 is 1.93 bits per heavy atom. The van der Waals surface area contributed by atoms with Gasteiger partial charge in [0.15, 0.2) is 0 Å². The highest BCUT2D eigenvalue weighted by molar-refractivity contribution is 7.87. The van der Waals surface area contributed by atoms with Crippen LogP contribution < -0.4 is 4.72 Å². The number of rotatable bonds is 2. The first kappa shape index (κ1) is 12.9. The van der Waals surface area contributed by atoms with Gasteiger partial charge in [0.1, 0.15) is 0 Å². The van der Waals surface area contributed by atoms with Gasteiger partial charge in [0.05, 0.1) is 12.2 Å². The predicted molar refractivity (Wildman–Crippen MR) is 55.4 cm³/mol. The molecule has 7 heteroatoms. The average molecular weight is 238 g/mol. The molecule has 90 valence electrons. The number of aliphatic hydroxyl groups is 2. The molecule has 0 radical (unpaired) electrons. The fourth-order valence-corrected chi connectivity index (χ4v) is 2.98. The molecule has 3 N–H and O–H groups in total. The van der Waals surface area contributed by atoms with Gasteiger partial charge in [-0.2, -0.15) is 17.4 Å². The number of hydrogen-bond acceptors (Lipinski definition) is 4. The van der Waals surface area contributed by atoms with Crippen molar-refractivity contribution < 1.29 is 18.6 Å². The van der Waals surface area contributed by atoms with Crippen molar-refractivity contribution in [3.8, 4) is 0 Å². The van der Waals surface area contributed by atoms with Crippen molar-refractivity contribution in [2.45, 2.75) is 38.5 Å². The predicted octanol–water partition coefficient (Wildman–Crippen LogP) is -1.34. The van der Waals surface area contributed by atoms with Crippen LogP contribution in [0.5, 0.6) is 0 Å². The fourth-order valence-electron chi connectivity index (χ4n) is 1.38. The lowest BCUT2D eigenvalue weighted by Crippen LogP contribution is -2.48. The lowest BCUT2D eigenvalue weighted by molar-refractivity contribution is 0.0572. The van der Waals surface area contributed by atoms with Crippen molar-refractivity contribution in [3.05, 3.63) is 0 Å². The third-order valence-corrected chi connectivity index (χ3v) is 3.85. The Balaban J connectivity index is 2.72. The van der Waals surface area contributed by atoms with Crippen molar-refractivity contribution in [1.82, 2.24) is 9.03 Å². The summed E-state index contributed by atoms with van der Waals surface area (Å²) in [7, 11) is -3.62. The molecule has 6 nitrogen and oxygen atoms in total. The summed E-state index contributed by atoms with van der Waals surface area (Å²) >= 11 is 0. The van der Waals surface area contributed by atoms with Crippen LogP contribution in [-0.4, -0.2) is 53.8 Å². The highest BCUT2D eigenvalue weighted by Gasteiger charge is 2.38. The molecule has 0 aliphatic carbocycles. The number of β-amino-alcohol motifs (C(OH)–C–C–N with tert-alkyl or cyclic N) is 2. The Labute approximate surface area is 90.1 Å². The molecule has 0 saturated carbocycles. The molecule has 1 rings (SSSR count). The van der Waals surface area contributed by atoms with E-state index in [1.165, 1.54) is 0 Å². The highest BCUT2D eigenvalue weighted by Crippen LogP contribution is 2.15. The standard InChI is InChI=1S/C8H18N2O4S/c1-8(2,3)9-15(13,14)10-4-6(11)7(12)5-10/h6-7,9,11-12H,4-5H2,1-3H3/t6-,7+. The second kappa shape index (κ2) is 3.99. The van der Waals surface area contributed by atoms with E-state index >= 15 is 0 Å². The lowest BCUT2D eigenvalue weighted by Gasteiger charge is -2.24. The topological polar surface area (TPSA) is 89.9 Å². The Morgan fingerprint density at radius 2 is 1.60 bits per heavy atom. The number of aliphatic hydroxyl groups excluding tert-OH is 2. The van der Waals surface area contributed by atoms with Crippen LogP contribution in [0.2, 0.25) is 0 Å². The molecule has 15 heavy (non-hydrogen) atoms. The highest BCUT2D eigenvalue weighted by atomic mass is 32.2.